The molecule has 0 saturated carbocycles. The Kier molecular flexibility index (Phi) is 55.4. The van der Waals surface area contributed by atoms with Gasteiger partial charge in [0.2, 0.25) is 5.91 Å². The molecule has 0 radical (unpaired) electrons. The molecule has 4 heteroatoms. The van der Waals surface area contributed by atoms with Crippen LogP contribution in [0.15, 0.2) is 122 Å². The van der Waals surface area contributed by atoms with E-state index in [1.54, 1.807) is 6.08 Å². The van der Waals surface area contributed by atoms with Crippen molar-refractivity contribution in [1.29, 1.82) is 0 Å². The molecular formula is C64H109NO3. The van der Waals surface area contributed by atoms with Crippen molar-refractivity contribution in [2.24, 2.45) is 0 Å². The number of allylic oxidation sites excluding steroid dienone is 19. The second-order valence-corrected chi connectivity index (χ2v) is 19.0. The van der Waals surface area contributed by atoms with E-state index < -0.39 is 12.1 Å². The van der Waals surface area contributed by atoms with Crippen molar-refractivity contribution in [3.8, 4) is 0 Å². The number of hydrogen-bond acceptors (Lipinski definition) is 3. The molecule has 0 aromatic rings. The van der Waals surface area contributed by atoms with Crippen LogP contribution >= 0.6 is 0 Å². The van der Waals surface area contributed by atoms with Crippen LogP contribution in [0.25, 0.3) is 0 Å². The topological polar surface area (TPSA) is 69.6 Å². The van der Waals surface area contributed by atoms with E-state index in [1.807, 2.05) is 6.08 Å². The van der Waals surface area contributed by atoms with E-state index in [1.165, 1.54) is 154 Å². The minimum atomic E-state index is -0.867. The Morgan fingerprint density at radius 3 is 1.03 bits per heavy atom. The van der Waals surface area contributed by atoms with Gasteiger partial charge in [-0.1, -0.05) is 277 Å². The average molecular weight is 941 g/mol. The lowest BCUT2D eigenvalue weighted by Gasteiger charge is -2.19. The van der Waals surface area contributed by atoms with E-state index in [9.17, 15) is 15.0 Å². The predicted molar refractivity (Wildman–Crippen MR) is 303 cm³/mol. The fraction of sp³-hybridized carbons (Fsp3) is 0.672. The Morgan fingerprint density at radius 1 is 0.368 bits per heavy atom. The fourth-order valence-electron chi connectivity index (χ4n) is 8.09. The van der Waals surface area contributed by atoms with Crippen LogP contribution < -0.4 is 5.32 Å². The van der Waals surface area contributed by atoms with E-state index in [2.05, 4.69) is 129 Å². The molecule has 0 rings (SSSR count). The van der Waals surface area contributed by atoms with Gasteiger partial charge < -0.3 is 15.5 Å². The number of aliphatic hydroxyl groups excluding tert-OH is 2. The largest absolute Gasteiger partial charge is 0.394 e. The van der Waals surface area contributed by atoms with Gasteiger partial charge in [0.05, 0.1) is 18.8 Å². The second-order valence-electron chi connectivity index (χ2n) is 19.0. The van der Waals surface area contributed by atoms with Crippen molar-refractivity contribution >= 4 is 5.91 Å². The molecule has 2 unspecified atom stereocenters. The molecule has 2 atom stereocenters. The van der Waals surface area contributed by atoms with Crippen LogP contribution in [0.4, 0.5) is 0 Å². The molecule has 0 aliphatic heterocycles. The molecule has 0 bridgehead atoms. The lowest BCUT2D eigenvalue weighted by Crippen LogP contribution is -2.45. The first-order valence-electron chi connectivity index (χ1n) is 28.7. The van der Waals surface area contributed by atoms with Crippen molar-refractivity contribution in [3.05, 3.63) is 122 Å². The predicted octanol–water partition coefficient (Wildman–Crippen LogP) is 19.2. The lowest BCUT2D eigenvalue weighted by atomic mass is 10.0. The Balaban J connectivity index is 3.54. The summed E-state index contributed by atoms with van der Waals surface area (Å²) in [6, 6.07) is -0.644. The van der Waals surface area contributed by atoms with Crippen molar-refractivity contribution in [3.63, 3.8) is 0 Å². The molecule has 388 valence electrons. The third-order valence-electron chi connectivity index (χ3n) is 12.4. The number of carbonyl (C=O) groups excluding carboxylic acids is 1. The van der Waals surface area contributed by atoms with Crippen LogP contribution in [0.5, 0.6) is 0 Å². The standard InChI is InChI=1S/C64H109NO3/c1-3-5-7-9-11-13-15-17-19-20-21-22-23-24-25-26-27-28-29-30-31-32-33-34-35-36-37-38-39-40-41-42-43-44-46-48-50-52-54-56-58-60-64(68)65-62(61-66)63(67)59-57-55-53-51-49-47-45-18-16-14-12-10-8-6-4-2/h5,7,11,13,17,19,21-22,24-25,27-28,30-31,33-34,49,51,57,59,62-63,66-67H,3-4,6,8-10,12,14-16,18,20,23,26,29,32,35-48,50,52-56,58,60-61H2,1-2H3,(H,65,68)/b7-5-,13-11-,19-17-,22-21-,25-24-,28-27-,31-30-,34-33-,51-49+,59-57+. The van der Waals surface area contributed by atoms with Gasteiger partial charge in [-0.15, -0.1) is 0 Å². The summed E-state index contributed by atoms with van der Waals surface area (Å²) in [5, 5.41) is 23.1. The molecular weight excluding hydrogens is 831 g/mol. The number of hydrogen-bond donors (Lipinski definition) is 3. The second kappa shape index (κ2) is 58.1. The minimum absolute atomic E-state index is 0.0767. The van der Waals surface area contributed by atoms with Crippen LogP contribution in [0.2, 0.25) is 0 Å². The van der Waals surface area contributed by atoms with Crippen molar-refractivity contribution in [1.82, 2.24) is 5.32 Å². The summed E-state index contributed by atoms with van der Waals surface area (Å²) >= 11 is 0. The molecule has 0 aliphatic rings. The summed E-state index contributed by atoms with van der Waals surface area (Å²) in [4.78, 5) is 12.5. The number of unbranched alkanes of at least 4 members (excludes halogenated alkanes) is 26. The first-order valence-corrected chi connectivity index (χ1v) is 28.7. The third kappa shape index (κ3) is 53.7. The smallest absolute Gasteiger partial charge is 0.220 e. The average Bonchev–Trinajstić information content (AvgIpc) is 3.34. The molecule has 0 spiro atoms. The fourth-order valence-corrected chi connectivity index (χ4v) is 8.09. The van der Waals surface area contributed by atoms with Gasteiger partial charge in [0.15, 0.2) is 0 Å². The molecule has 0 fully saturated rings. The zero-order valence-corrected chi connectivity index (χ0v) is 44.6. The number of nitrogens with one attached hydrogen (secondary N) is 1. The number of amides is 1. The Labute approximate surface area is 422 Å². The summed E-state index contributed by atoms with van der Waals surface area (Å²) < 4.78 is 0. The van der Waals surface area contributed by atoms with E-state index >= 15 is 0 Å². The molecule has 0 heterocycles. The van der Waals surface area contributed by atoms with Crippen LogP contribution in [0.1, 0.15) is 258 Å². The minimum Gasteiger partial charge on any atom is -0.394 e. The monoisotopic (exact) mass is 940 g/mol. The molecule has 4 nitrogen and oxygen atoms in total. The van der Waals surface area contributed by atoms with Gasteiger partial charge >= 0.3 is 0 Å². The van der Waals surface area contributed by atoms with Gasteiger partial charge in [0.1, 0.15) is 0 Å². The van der Waals surface area contributed by atoms with Crippen molar-refractivity contribution in [2.75, 3.05) is 6.61 Å². The van der Waals surface area contributed by atoms with E-state index in [0.717, 1.165) is 83.5 Å². The first kappa shape index (κ1) is 64.8. The van der Waals surface area contributed by atoms with Gasteiger partial charge in [-0.3, -0.25) is 4.79 Å². The Bertz CT molecular complexity index is 1340. The number of rotatable bonds is 51. The van der Waals surface area contributed by atoms with Crippen molar-refractivity contribution in [2.45, 2.75) is 270 Å². The van der Waals surface area contributed by atoms with E-state index in [-0.39, 0.29) is 12.5 Å². The number of carbonyl (C=O) groups is 1. The summed E-state index contributed by atoms with van der Waals surface area (Å²) in [6.45, 7) is 4.18. The van der Waals surface area contributed by atoms with E-state index in [4.69, 9.17) is 0 Å². The molecule has 0 aromatic carbocycles. The molecule has 0 aliphatic carbocycles. The van der Waals surface area contributed by atoms with E-state index in [0.29, 0.717) is 6.42 Å². The summed E-state index contributed by atoms with van der Waals surface area (Å²) in [7, 11) is 0. The lowest BCUT2D eigenvalue weighted by molar-refractivity contribution is -0.123. The highest BCUT2D eigenvalue weighted by Gasteiger charge is 2.17. The van der Waals surface area contributed by atoms with Crippen molar-refractivity contribution < 1.29 is 15.0 Å². The molecule has 0 aromatic heterocycles. The van der Waals surface area contributed by atoms with Gasteiger partial charge in [-0.05, 0) is 96.3 Å². The maximum absolute atomic E-state index is 12.5. The maximum atomic E-state index is 12.5. The van der Waals surface area contributed by atoms with Crippen LogP contribution in [-0.4, -0.2) is 34.9 Å². The van der Waals surface area contributed by atoms with Gasteiger partial charge in [-0.25, -0.2) is 0 Å². The highest BCUT2D eigenvalue weighted by molar-refractivity contribution is 5.76. The normalized spacial score (nSPS) is 13.8. The zero-order valence-electron chi connectivity index (χ0n) is 44.6. The number of aliphatic hydroxyl groups is 2. The summed E-state index contributed by atoms with van der Waals surface area (Å²) in [6.07, 6.45) is 89.4. The highest BCUT2D eigenvalue weighted by Crippen LogP contribution is 2.15. The SMILES string of the molecule is CC/C=C\C/C=C\C/C=C\C/C=C\C/C=C\C/C=C\C/C=C\C/C=C\CCCCCCCCCCCCCCCCCCC(=O)NC(CO)C(O)/C=C/CC/C=C/CCCCCCCCCCC. The van der Waals surface area contributed by atoms with Gasteiger partial charge in [0.25, 0.3) is 0 Å². The van der Waals surface area contributed by atoms with Crippen LogP contribution in [0.3, 0.4) is 0 Å². The van der Waals surface area contributed by atoms with Crippen LogP contribution in [-0.2, 0) is 4.79 Å². The Hall–Kier alpha value is -3.21. The van der Waals surface area contributed by atoms with Gasteiger partial charge in [0, 0.05) is 6.42 Å². The summed E-state index contributed by atoms with van der Waals surface area (Å²) in [5.41, 5.74) is 0. The maximum Gasteiger partial charge on any atom is 0.220 e. The third-order valence-corrected chi connectivity index (χ3v) is 12.4. The van der Waals surface area contributed by atoms with Crippen LogP contribution in [0, 0.1) is 0 Å². The zero-order chi connectivity index (χ0) is 49.2. The molecule has 0 saturated heterocycles. The Morgan fingerprint density at radius 2 is 0.662 bits per heavy atom. The first-order chi connectivity index (χ1) is 33.7. The quantitative estimate of drug-likeness (QED) is 0.0420. The molecule has 1 amide bonds. The summed E-state index contributed by atoms with van der Waals surface area (Å²) in [5.74, 6) is -0.0767. The highest BCUT2D eigenvalue weighted by atomic mass is 16.3. The molecule has 3 N–H and O–H groups in total. The molecule has 68 heavy (non-hydrogen) atoms. The van der Waals surface area contributed by atoms with Gasteiger partial charge in [-0.2, -0.15) is 0 Å².